The molecule has 0 saturated carbocycles. The molecule has 0 saturated heterocycles. The summed E-state index contributed by atoms with van der Waals surface area (Å²) in [4.78, 5) is 12.5. The van der Waals surface area contributed by atoms with Gasteiger partial charge in [-0.15, -0.1) is 0 Å². The molecule has 0 bridgehead atoms. The Labute approximate surface area is 162 Å². The Balaban J connectivity index is 1.92. The lowest BCUT2D eigenvalue weighted by atomic mass is 9.87. The third-order valence-corrected chi connectivity index (χ3v) is 4.45. The maximum atomic E-state index is 12.5. The summed E-state index contributed by atoms with van der Waals surface area (Å²) in [5.74, 6) is 1.38. The van der Waals surface area contributed by atoms with E-state index in [1.807, 2.05) is 62.4 Å². The minimum atomic E-state index is -0.573. The Hall–Kier alpha value is -2.49. The first-order chi connectivity index (χ1) is 12.7. The lowest BCUT2D eigenvalue weighted by Crippen LogP contribution is -2.37. The third kappa shape index (κ3) is 6.02. The molecule has 1 N–H and O–H groups in total. The third-order valence-electron chi connectivity index (χ3n) is 4.45. The van der Waals surface area contributed by atoms with E-state index in [1.165, 1.54) is 5.56 Å². The van der Waals surface area contributed by atoms with Gasteiger partial charge in [0.25, 0.3) is 5.91 Å². The van der Waals surface area contributed by atoms with Gasteiger partial charge in [-0.3, -0.25) is 4.79 Å². The quantitative estimate of drug-likeness (QED) is 0.745. The SMILES string of the molecule is CCOc1ccc([C@@H](C)NC(=O)[C@@H](C)Oc2ccc(C(C)(C)C)cc2)cc1. The average Bonchev–Trinajstić information content (AvgIpc) is 2.62. The van der Waals surface area contributed by atoms with E-state index < -0.39 is 6.10 Å². The van der Waals surface area contributed by atoms with E-state index in [-0.39, 0.29) is 17.4 Å². The summed E-state index contributed by atoms with van der Waals surface area (Å²) in [6, 6.07) is 15.6. The summed E-state index contributed by atoms with van der Waals surface area (Å²) in [6.07, 6.45) is -0.573. The molecule has 1 amide bonds. The highest BCUT2D eigenvalue weighted by Gasteiger charge is 2.19. The second-order valence-electron chi connectivity index (χ2n) is 7.77. The van der Waals surface area contributed by atoms with Crippen LogP contribution in [0.5, 0.6) is 11.5 Å². The summed E-state index contributed by atoms with van der Waals surface area (Å²) in [5.41, 5.74) is 2.35. The minimum absolute atomic E-state index is 0.0919. The molecule has 27 heavy (non-hydrogen) atoms. The van der Waals surface area contributed by atoms with E-state index in [4.69, 9.17) is 9.47 Å². The molecule has 0 fully saturated rings. The number of carbonyl (C=O) groups excluding carboxylic acids is 1. The zero-order chi connectivity index (χ0) is 20.0. The Kier molecular flexibility index (Phi) is 6.89. The fourth-order valence-electron chi connectivity index (χ4n) is 2.72. The second-order valence-corrected chi connectivity index (χ2v) is 7.77. The Bertz CT molecular complexity index is 730. The number of amides is 1. The van der Waals surface area contributed by atoms with Crippen molar-refractivity contribution in [1.29, 1.82) is 0 Å². The molecule has 0 aliphatic rings. The van der Waals surface area contributed by atoms with Crippen molar-refractivity contribution in [3.8, 4) is 11.5 Å². The van der Waals surface area contributed by atoms with Crippen molar-refractivity contribution in [3.63, 3.8) is 0 Å². The molecule has 0 unspecified atom stereocenters. The first-order valence-electron chi connectivity index (χ1n) is 9.51. The van der Waals surface area contributed by atoms with Gasteiger partial charge >= 0.3 is 0 Å². The zero-order valence-corrected chi connectivity index (χ0v) is 17.2. The van der Waals surface area contributed by atoms with Crippen LogP contribution in [0.3, 0.4) is 0 Å². The van der Waals surface area contributed by atoms with Gasteiger partial charge in [0.2, 0.25) is 0 Å². The average molecular weight is 370 g/mol. The molecular formula is C23H31NO3. The smallest absolute Gasteiger partial charge is 0.261 e. The number of carbonyl (C=O) groups is 1. The largest absolute Gasteiger partial charge is 0.494 e. The van der Waals surface area contributed by atoms with Gasteiger partial charge in [0.1, 0.15) is 11.5 Å². The number of hydrogen-bond acceptors (Lipinski definition) is 3. The van der Waals surface area contributed by atoms with Crippen LogP contribution >= 0.6 is 0 Å². The topological polar surface area (TPSA) is 47.6 Å². The molecule has 0 aromatic heterocycles. The molecule has 2 aromatic carbocycles. The molecule has 4 heteroatoms. The maximum absolute atomic E-state index is 12.5. The highest BCUT2D eigenvalue weighted by Crippen LogP contribution is 2.25. The highest BCUT2D eigenvalue weighted by atomic mass is 16.5. The molecule has 0 radical (unpaired) electrons. The summed E-state index contributed by atoms with van der Waals surface area (Å²) < 4.78 is 11.2. The van der Waals surface area contributed by atoms with Crippen molar-refractivity contribution in [2.45, 2.75) is 59.1 Å². The van der Waals surface area contributed by atoms with Crippen LogP contribution in [0.2, 0.25) is 0 Å². The first kappa shape index (κ1) is 20.8. The Morgan fingerprint density at radius 3 is 2.04 bits per heavy atom. The Morgan fingerprint density at radius 2 is 1.52 bits per heavy atom. The van der Waals surface area contributed by atoms with Gasteiger partial charge in [-0.05, 0) is 61.6 Å². The first-order valence-corrected chi connectivity index (χ1v) is 9.51. The molecule has 2 rings (SSSR count). The molecular weight excluding hydrogens is 338 g/mol. The molecule has 2 atom stereocenters. The predicted octanol–water partition coefficient (Wildman–Crippen LogP) is 5.03. The molecule has 146 valence electrons. The summed E-state index contributed by atoms with van der Waals surface area (Å²) >= 11 is 0. The van der Waals surface area contributed by atoms with Crippen LogP contribution in [-0.2, 0) is 10.2 Å². The van der Waals surface area contributed by atoms with Crippen molar-refractivity contribution < 1.29 is 14.3 Å². The molecule has 0 aliphatic carbocycles. The van der Waals surface area contributed by atoms with Gasteiger partial charge in [-0.25, -0.2) is 0 Å². The molecule has 4 nitrogen and oxygen atoms in total. The highest BCUT2D eigenvalue weighted by molar-refractivity contribution is 5.81. The number of benzene rings is 2. The van der Waals surface area contributed by atoms with Crippen LogP contribution in [0.15, 0.2) is 48.5 Å². The fourth-order valence-corrected chi connectivity index (χ4v) is 2.72. The van der Waals surface area contributed by atoms with Crippen LogP contribution in [0.25, 0.3) is 0 Å². The van der Waals surface area contributed by atoms with Gasteiger partial charge in [-0.1, -0.05) is 45.0 Å². The molecule has 2 aromatic rings. The van der Waals surface area contributed by atoms with Crippen LogP contribution in [0.4, 0.5) is 0 Å². The van der Waals surface area contributed by atoms with Gasteiger partial charge < -0.3 is 14.8 Å². The van der Waals surface area contributed by atoms with Crippen molar-refractivity contribution >= 4 is 5.91 Å². The van der Waals surface area contributed by atoms with Gasteiger partial charge in [0, 0.05) is 0 Å². The number of hydrogen-bond donors (Lipinski definition) is 1. The van der Waals surface area contributed by atoms with Gasteiger partial charge in [0.15, 0.2) is 6.10 Å². The van der Waals surface area contributed by atoms with Crippen LogP contribution in [0, 0.1) is 0 Å². The standard InChI is InChI=1S/C23H31NO3/c1-7-26-20-12-8-18(9-13-20)16(2)24-22(25)17(3)27-21-14-10-19(11-15-21)23(4,5)6/h8-17H,7H2,1-6H3,(H,24,25)/t16-,17-/m1/s1. The van der Waals surface area contributed by atoms with E-state index in [1.54, 1.807) is 6.92 Å². The van der Waals surface area contributed by atoms with E-state index in [9.17, 15) is 4.79 Å². The second kappa shape index (κ2) is 8.94. The van der Waals surface area contributed by atoms with Gasteiger partial charge in [0.05, 0.1) is 12.6 Å². The van der Waals surface area contributed by atoms with E-state index in [0.29, 0.717) is 12.4 Å². The van der Waals surface area contributed by atoms with Crippen LogP contribution in [-0.4, -0.2) is 18.6 Å². The predicted molar refractivity (Wildman–Crippen MR) is 109 cm³/mol. The monoisotopic (exact) mass is 369 g/mol. The summed E-state index contributed by atoms with van der Waals surface area (Å²) in [6.45, 7) is 12.8. The van der Waals surface area contributed by atoms with Gasteiger partial charge in [-0.2, -0.15) is 0 Å². The lowest BCUT2D eigenvalue weighted by molar-refractivity contribution is -0.127. The zero-order valence-electron chi connectivity index (χ0n) is 17.2. The van der Waals surface area contributed by atoms with Crippen molar-refractivity contribution in [3.05, 3.63) is 59.7 Å². The molecule has 0 heterocycles. The van der Waals surface area contributed by atoms with Crippen molar-refractivity contribution in [2.24, 2.45) is 0 Å². The maximum Gasteiger partial charge on any atom is 0.261 e. The van der Waals surface area contributed by atoms with Crippen molar-refractivity contribution in [2.75, 3.05) is 6.61 Å². The summed E-state index contributed by atoms with van der Waals surface area (Å²) in [5, 5.41) is 3.00. The van der Waals surface area contributed by atoms with Crippen molar-refractivity contribution in [1.82, 2.24) is 5.32 Å². The molecule has 0 spiro atoms. The number of rotatable bonds is 7. The minimum Gasteiger partial charge on any atom is -0.494 e. The number of nitrogens with one attached hydrogen (secondary N) is 1. The van der Waals surface area contributed by atoms with E-state index >= 15 is 0 Å². The van der Waals surface area contributed by atoms with E-state index in [0.717, 1.165) is 11.3 Å². The Morgan fingerprint density at radius 1 is 0.963 bits per heavy atom. The van der Waals surface area contributed by atoms with Crippen LogP contribution in [0.1, 0.15) is 58.7 Å². The molecule has 0 aliphatic heterocycles. The number of ether oxygens (including phenoxy) is 2. The summed E-state index contributed by atoms with van der Waals surface area (Å²) in [7, 11) is 0. The van der Waals surface area contributed by atoms with Crippen LogP contribution < -0.4 is 14.8 Å². The van der Waals surface area contributed by atoms with E-state index in [2.05, 4.69) is 26.1 Å². The normalized spacial score (nSPS) is 13.6. The fraction of sp³-hybridized carbons (Fsp3) is 0.435. The lowest BCUT2D eigenvalue weighted by Gasteiger charge is -2.21.